The number of ether oxygens (including phenoxy) is 2. The van der Waals surface area contributed by atoms with Gasteiger partial charge in [-0.3, -0.25) is 9.69 Å². The number of carbonyl (C=O) groups is 1. The summed E-state index contributed by atoms with van der Waals surface area (Å²) in [7, 11) is 0. The Hall–Kier alpha value is -1.23. The fourth-order valence-corrected chi connectivity index (χ4v) is 4.52. The van der Waals surface area contributed by atoms with Crippen molar-refractivity contribution >= 4 is 5.78 Å². The van der Waals surface area contributed by atoms with Crippen LogP contribution in [-0.2, 0) is 16.0 Å². The summed E-state index contributed by atoms with van der Waals surface area (Å²) < 4.78 is 11.6. The molecule has 0 amide bonds. The van der Waals surface area contributed by atoms with E-state index >= 15 is 0 Å². The lowest BCUT2D eigenvalue weighted by atomic mass is 9.83. The zero-order valence-corrected chi connectivity index (χ0v) is 15.0. The van der Waals surface area contributed by atoms with Gasteiger partial charge in [0.2, 0.25) is 0 Å². The zero-order chi connectivity index (χ0) is 17.1. The number of hydrogen-bond acceptors (Lipinski definition) is 4. The van der Waals surface area contributed by atoms with E-state index in [-0.39, 0.29) is 11.7 Å². The second-order valence-electron chi connectivity index (χ2n) is 7.78. The van der Waals surface area contributed by atoms with Crippen molar-refractivity contribution in [3.05, 3.63) is 35.4 Å². The first kappa shape index (κ1) is 17.2. The first-order chi connectivity index (χ1) is 12.2. The van der Waals surface area contributed by atoms with E-state index in [1.165, 1.54) is 24.8 Å². The van der Waals surface area contributed by atoms with Crippen molar-refractivity contribution in [2.45, 2.75) is 57.3 Å². The Morgan fingerprint density at radius 2 is 1.80 bits per heavy atom. The predicted molar refractivity (Wildman–Crippen MR) is 96.5 cm³/mol. The van der Waals surface area contributed by atoms with Gasteiger partial charge in [0.05, 0.1) is 13.2 Å². The maximum Gasteiger partial charge on any atom is 0.170 e. The standard InChI is InChI=1S/C21H29NO3/c23-20(18-6-2-1-3-7-18)19-8-4-5-17(15-19)16-22-11-9-21(10-12-22)24-13-14-25-21/h4-5,8,15,18H,1-3,6-7,9-14,16H2. The first-order valence-electron chi connectivity index (χ1n) is 9.88. The Balaban J connectivity index is 1.36. The molecule has 4 heteroatoms. The number of piperidine rings is 1. The van der Waals surface area contributed by atoms with E-state index in [9.17, 15) is 4.79 Å². The molecule has 4 rings (SSSR count). The number of likely N-dealkylation sites (tertiary alicyclic amines) is 1. The topological polar surface area (TPSA) is 38.8 Å². The summed E-state index contributed by atoms with van der Waals surface area (Å²) in [6.45, 7) is 4.33. The van der Waals surface area contributed by atoms with Crippen LogP contribution in [0.2, 0.25) is 0 Å². The van der Waals surface area contributed by atoms with Crippen molar-refractivity contribution < 1.29 is 14.3 Å². The number of ketones is 1. The average Bonchev–Trinajstić information content (AvgIpc) is 3.12. The van der Waals surface area contributed by atoms with Crippen LogP contribution < -0.4 is 0 Å². The molecular weight excluding hydrogens is 314 g/mol. The molecule has 0 unspecified atom stereocenters. The van der Waals surface area contributed by atoms with E-state index in [0.717, 1.165) is 64.1 Å². The van der Waals surface area contributed by atoms with Gasteiger partial charge in [-0.1, -0.05) is 37.5 Å². The minimum Gasteiger partial charge on any atom is -0.347 e. The average molecular weight is 343 g/mol. The molecule has 0 radical (unpaired) electrons. The molecule has 1 spiro atoms. The molecule has 1 aromatic rings. The molecule has 1 saturated carbocycles. The Kier molecular flexibility index (Phi) is 5.20. The van der Waals surface area contributed by atoms with Gasteiger partial charge in [0, 0.05) is 44.0 Å². The number of hydrogen-bond donors (Lipinski definition) is 0. The van der Waals surface area contributed by atoms with Crippen molar-refractivity contribution in [3.8, 4) is 0 Å². The molecule has 3 fully saturated rings. The van der Waals surface area contributed by atoms with E-state index < -0.39 is 0 Å². The largest absolute Gasteiger partial charge is 0.347 e. The fourth-order valence-electron chi connectivity index (χ4n) is 4.52. The fraction of sp³-hybridized carbons (Fsp3) is 0.667. The normalized spacial score (nSPS) is 24.6. The van der Waals surface area contributed by atoms with E-state index in [1.54, 1.807) is 0 Å². The zero-order valence-electron chi connectivity index (χ0n) is 15.0. The number of nitrogens with zero attached hydrogens (tertiary/aromatic N) is 1. The van der Waals surface area contributed by atoms with Crippen LogP contribution in [0, 0.1) is 5.92 Å². The van der Waals surface area contributed by atoms with Crippen LogP contribution in [0.15, 0.2) is 24.3 Å². The SMILES string of the molecule is O=C(c1cccc(CN2CCC3(CC2)OCCO3)c1)C1CCCCC1. The smallest absolute Gasteiger partial charge is 0.170 e. The Labute approximate surface area is 150 Å². The highest BCUT2D eigenvalue weighted by molar-refractivity contribution is 5.98. The molecule has 0 atom stereocenters. The lowest BCUT2D eigenvalue weighted by Crippen LogP contribution is -2.44. The Morgan fingerprint density at radius 1 is 1.08 bits per heavy atom. The van der Waals surface area contributed by atoms with Crippen molar-refractivity contribution in [1.29, 1.82) is 0 Å². The highest BCUT2D eigenvalue weighted by atomic mass is 16.7. The van der Waals surface area contributed by atoms with Gasteiger partial charge in [0.1, 0.15) is 0 Å². The minimum absolute atomic E-state index is 0.246. The quantitative estimate of drug-likeness (QED) is 0.780. The molecule has 0 N–H and O–H groups in total. The second-order valence-corrected chi connectivity index (χ2v) is 7.78. The van der Waals surface area contributed by atoms with Gasteiger partial charge >= 0.3 is 0 Å². The molecule has 0 bridgehead atoms. The van der Waals surface area contributed by atoms with Gasteiger partial charge in [0.15, 0.2) is 11.6 Å². The summed E-state index contributed by atoms with van der Waals surface area (Å²) in [4.78, 5) is 15.2. The number of Topliss-reactive ketones (excluding diaryl/α,β-unsaturated/α-hetero) is 1. The molecule has 4 nitrogen and oxygen atoms in total. The lowest BCUT2D eigenvalue weighted by molar-refractivity contribution is -0.185. The van der Waals surface area contributed by atoms with Gasteiger partial charge in [-0.25, -0.2) is 0 Å². The van der Waals surface area contributed by atoms with E-state index in [2.05, 4.69) is 17.0 Å². The van der Waals surface area contributed by atoms with Crippen LogP contribution in [0.25, 0.3) is 0 Å². The van der Waals surface area contributed by atoms with Crippen molar-refractivity contribution in [2.75, 3.05) is 26.3 Å². The van der Waals surface area contributed by atoms with Gasteiger partial charge in [-0.15, -0.1) is 0 Å². The third-order valence-electron chi connectivity index (χ3n) is 6.03. The van der Waals surface area contributed by atoms with E-state index in [1.807, 2.05) is 12.1 Å². The lowest BCUT2D eigenvalue weighted by Gasteiger charge is -2.37. The molecule has 2 saturated heterocycles. The highest BCUT2D eigenvalue weighted by Gasteiger charge is 2.39. The summed E-state index contributed by atoms with van der Waals surface area (Å²) in [6, 6.07) is 8.29. The maximum absolute atomic E-state index is 12.8. The maximum atomic E-state index is 12.8. The van der Waals surface area contributed by atoms with Crippen LogP contribution in [0.4, 0.5) is 0 Å². The van der Waals surface area contributed by atoms with Crippen molar-refractivity contribution in [3.63, 3.8) is 0 Å². The second kappa shape index (κ2) is 7.56. The van der Waals surface area contributed by atoms with Gasteiger partial charge in [-0.2, -0.15) is 0 Å². The Morgan fingerprint density at radius 3 is 2.52 bits per heavy atom. The van der Waals surface area contributed by atoms with E-state index in [4.69, 9.17) is 9.47 Å². The molecule has 1 aromatic carbocycles. The van der Waals surface area contributed by atoms with Crippen LogP contribution in [0.1, 0.15) is 60.9 Å². The molecule has 2 aliphatic heterocycles. The number of carbonyl (C=O) groups excluding carboxylic acids is 1. The van der Waals surface area contributed by atoms with Gasteiger partial charge in [0.25, 0.3) is 0 Å². The van der Waals surface area contributed by atoms with Gasteiger partial charge in [-0.05, 0) is 24.5 Å². The number of rotatable bonds is 4. The van der Waals surface area contributed by atoms with Crippen LogP contribution >= 0.6 is 0 Å². The summed E-state index contributed by atoms with van der Waals surface area (Å²) in [5.41, 5.74) is 2.14. The Bertz CT molecular complexity index is 593. The molecule has 136 valence electrons. The van der Waals surface area contributed by atoms with Crippen LogP contribution in [0.3, 0.4) is 0 Å². The predicted octanol–water partition coefficient (Wildman–Crippen LogP) is 3.79. The van der Waals surface area contributed by atoms with E-state index in [0.29, 0.717) is 5.78 Å². The molecule has 0 aromatic heterocycles. The summed E-state index contributed by atoms with van der Waals surface area (Å²) >= 11 is 0. The molecule has 25 heavy (non-hydrogen) atoms. The monoisotopic (exact) mass is 343 g/mol. The third kappa shape index (κ3) is 3.97. The van der Waals surface area contributed by atoms with Crippen LogP contribution in [-0.4, -0.2) is 42.8 Å². The summed E-state index contributed by atoms with van der Waals surface area (Å²) in [5.74, 6) is 0.289. The summed E-state index contributed by atoms with van der Waals surface area (Å²) in [5, 5.41) is 0. The number of benzene rings is 1. The highest BCUT2D eigenvalue weighted by Crippen LogP contribution is 2.32. The molecule has 1 aliphatic carbocycles. The summed E-state index contributed by atoms with van der Waals surface area (Å²) in [6.07, 6.45) is 7.70. The molecule has 2 heterocycles. The van der Waals surface area contributed by atoms with Crippen molar-refractivity contribution in [1.82, 2.24) is 4.90 Å². The minimum atomic E-state index is -0.310. The third-order valence-corrected chi connectivity index (χ3v) is 6.03. The first-order valence-corrected chi connectivity index (χ1v) is 9.88. The molecular formula is C21H29NO3. The van der Waals surface area contributed by atoms with Crippen LogP contribution in [0.5, 0.6) is 0 Å². The van der Waals surface area contributed by atoms with Gasteiger partial charge < -0.3 is 9.47 Å². The molecule has 3 aliphatic rings. The van der Waals surface area contributed by atoms with Crippen molar-refractivity contribution in [2.24, 2.45) is 5.92 Å².